The molecule has 9 nitrogen and oxygen atoms in total. The van der Waals surface area contributed by atoms with Crippen molar-refractivity contribution in [3.05, 3.63) is 12.7 Å². The highest BCUT2D eigenvalue weighted by Crippen LogP contribution is 2.33. The zero-order valence-corrected chi connectivity index (χ0v) is 13.4. The predicted molar refractivity (Wildman–Crippen MR) is 84.0 cm³/mol. The average Bonchev–Trinajstić information content (AvgIpc) is 2.95. The summed E-state index contributed by atoms with van der Waals surface area (Å²) in [6.07, 6.45) is 1.97. The Morgan fingerprint density at radius 2 is 2.00 bits per heavy atom. The van der Waals surface area contributed by atoms with Gasteiger partial charge in [-0.25, -0.2) is 4.79 Å². The van der Waals surface area contributed by atoms with Crippen LogP contribution in [0, 0.1) is 0 Å². The number of carbonyl (C=O) groups excluding carboxylic acids is 2. The van der Waals surface area contributed by atoms with E-state index in [0.717, 1.165) is 0 Å². The van der Waals surface area contributed by atoms with Crippen LogP contribution >= 0.6 is 0 Å². The first-order valence-electron chi connectivity index (χ1n) is 7.65. The van der Waals surface area contributed by atoms with E-state index in [4.69, 9.17) is 10.8 Å². The lowest BCUT2D eigenvalue weighted by molar-refractivity contribution is -0.148. The average molecular weight is 341 g/mol. The van der Waals surface area contributed by atoms with Crippen molar-refractivity contribution in [2.75, 3.05) is 13.1 Å². The maximum atomic E-state index is 12.7. The van der Waals surface area contributed by atoms with E-state index in [2.05, 4.69) is 11.9 Å². The van der Waals surface area contributed by atoms with Crippen molar-refractivity contribution in [3.63, 3.8) is 0 Å². The van der Waals surface area contributed by atoms with Crippen LogP contribution < -0.4 is 11.1 Å². The molecular formula is C15H23N3O6. The van der Waals surface area contributed by atoms with Crippen molar-refractivity contribution in [3.8, 4) is 0 Å². The Balaban J connectivity index is 3.00. The van der Waals surface area contributed by atoms with Gasteiger partial charge in [-0.3, -0.25) is 14.4 Å². The standard InChI is InChI=1S/C15H23N3O6/c1-2-6-15(7-3-8-18(15)11(19)9-16)14(24)17-10(13(22)23)4-5-12(20)21/h2,10H,1,3-9,16H2,(H,17,24)(H,20,21)(H,22,23)/t10-,15-/m0/s1. The molecule has 0 aromatic heterocycles. The van der Waals surface area contributed by atoms with Crippen LogP contribution in [0.3, 0.4) is 0 Å². The first-order chi connectivity index (χ1) is 11.3. The first kappa shape index (κ1) is 19.6. The molecule has 0 aromatic rings. The van der Waals surface area contributed by atoms with E-state index in [1.807, 2.05) is 0 Å². The number of nitrogens with two attached hydrogens (primary N) is 1. The van der Waals surface area contributed by atoms with Gasteiger partial charge in [0.1, 0.15) is 11.6 Å². The third kappa shape index (κ3) is 4.31. The molecule has 2 atom stereocenters. The van der Waals surface area contributed by atoms with Crippen LogP contribution in [0.4, 0.5) is 0 Å². The molecule has 1 rings (SSSR count). The molecule has 0 spiro atoms. The number of nitrogens with zero attached hydrogens (tertiary/aromatic N) is 1. The molecule has 1 heterocycles. The van der Waals surface area contributed by atoms with Crippen LogP contribution in [0.15, 0.2) is 12.7 Å². The minimum Gasteiger partial charge on any atom is -0.481 e. The van der Waals surface area contributed by atoms with E-state index in [0.29, 0.717) is 19.4 Å². The van der Waals surface area contributed by atoms with Gasteiger partial charge in [-0.15, -0.1) is 6.58 Å². The molecule has 0 radical (unpaired) electrons. The summed E-state index contributed by atoms with van der Waals surface area (Å²) in [6, 6.07) is -1.34. The number of rotatable bonds is 9. The number of nitrogens with one attached hydrogen (secondary N) is 1. The number of aliphatic carboxylic acids is 2. The Kier molecular flexibility index (Phi) is 6.90. The topological polar surface area (TPSA) is 150 Å². The van der Waals surface area contributed by atoms with Crippen LogP contribution in [0.1, 0.15) is 32.1 Å². The van der Waals surface area contributed by atoms with E-state index in [9.17, 15) is 24.3 Å². The van der Waals surface area contributed by atoms with Gasteiger partial charge in [-0.05, 0) is 25.7 Å². The van der Waals surface area contributed by atoms with Gasteiger partial charge in [0.05, 0.1) is 6.54 Å². The van der Waals surface area contributed by atoms with Crippen LogP contribution in [0.25, 0.3) is 0 Å². The zero-order chi connectivity index (χ0) is 18.3. The van der Waals surface area contributed by atoms with Gasteiger partial charge in [0, 0.05) is 13.0 Å². The van der Waals surface area contributed by atoms with Crippen molar-refractivity contribution in [2.24, 2.45) is 5.73 Å². The molecular weight excluding hydrogens is 318 g/mol. The second-order valence-electron chi connectivity index (χ2n) is 5.67. The van der Waals surface area contributed by atoms with E-state index >= 15 is 0 Å². The third-order valence-electron chi connectivity index (χ3n) is 4.12. The van der Waals surface area contributed by atoms with Gasteiger partial charge >= 0.3 is 11.9 Å². The number of hydrogen-bond donors (Lipinski definition) is 4. The van der Waals surface area contributed by atoms with Crippen LogP contribution in [0.2, 0.25) is 0 Å². The highest BCUT2D eigenvalue weighted by molar-refractivity contribution is 5.95. The summed E-state index contributed by atoms with van der Waals surface area (Å²) in [7, 11) is 0. The predicted octanol–water partition coefficient (Wildman–Crippen LogP) is -0.683. The molecule has 2 amide bonds. The molecule has 5 N–H and O–H groups in total. The highest BCUT2D eigenvalue weighted by Gasteiger charge is 2.49. The van der Waals surface area contributed by atoms with Crippen LogP contribution in [0.5, 0.6) is 0 Å². The molecule has 1 saturated heterocycles. The fourth-order valence-electron chi connectivity index (χ4n) is 2.95. The third-order valence-corrected chi connectivity index (χ3v) is 4.12. The summed E-state index contributed by atoms with van der Waals surface area (Å²) >= 11 is 0. The Bertz CT molecular complexity index is 535. The van der Waals surface area contributed by atoms with E-state index in [-0.39, 0.29) is 19.4 Å². The van der Waals surface area contributed by atoms with Gasteiger partial charge in [0.2, 0.25) is 11.8 Å². The minimum atomic E-state index is -1.34. The lowest BCUT2D eigenvalue weighted by Gasteiger charge is -2.37. The SMILES string of the molecule is C=CC[C@@]1(C(=O)N[C@@H](CCC(=O)O)C(=O)O)CCCN1C(=O)CN. The van der Waals surface area contributed by atoms with Gasteiger partial charge in [-0.2, -0.15) is 0 Å². The maximum absolute atomic E-state index is 12.7. The molecule has 0 aliphatic carbocycles. The number of carboxylic acid groups (broad SMARTS) is 2. The summed E-state index contributed by atoms with van der Waals surface area (Å²) in [4.78, 5) is 48.0. The molecule has 9 heteroatoms. The Labute approximate surface area is 139 Å². The summed E-state index contributed by atoms with van der Waals surface area (Å²) in [5.74, 6) is -3.51. The smallest absolute Gasteiger partial charge is 0.326 e. The largest absolute Gasteiger partial charge is 0.481 e. The molecule has 1 fully saturated rings. The summed E-state index contributed by atoms with van der Waals surface area (Å²) in [6.45, 7) is 3.70. The molecule has 1 aliphatic rings. The zero-order valence-electron chi connectivity index (χ0n) is 13.4. The lowest BCUT2D eigenvalue weighted by atomic mass is 9.90. The van der Waals surface area contributed by atoms with Crippen LogP contribution in [-0.2, 0) is 19.2 Å². The molecule has 0 saturated carbocycles. The second-order valence-corrected chi connectivity index (χ2v) is 5.67. The van der Waals surface area contributed by atoms with Gasteiger partial charge in [0.15, 0.2) is 0 Å². The van der Waals surface area contributed by atoms with Gasteiger partial charge in [0.25, 0.3) is 0 Å². The Hall–Kier alpha value is -2.42. The van der Waals surface area contributed by atoms with E-state index in [1.54, 1.807) is 0 Å². The molecule has 24 heavy (non-hydrogen) atoms. The van der Waals surface area contributed by atoms with Crippen molar-refractivity contribution in [1.29, 1.82) is 0 Å². The van der Waals surface area contributed by atoms with Gasteiger partial charge < -0.3 is 26.2 Å². The number of hydrogen-bond acceptors (Lipinski definition) is 5. The first-order valence-corrected chi connectivity index (χ1v) is 7.65. The molecule has 0 aromatic carbocycles. The van der Waals surface area contributed by atoms with Crippen molar-refractivity contribution in [1.82, 2.24) is 10.2 Å². The fourth-order valence-corrected chi connectivity index (χ4v) is 2.95. The quantitative estimate of drug-likeness (QED) is 0.406. The Morgan fingerprint density at radius 1 is 1.33 bits per heavy atom. The minimum absolute atomic E-state index is 0.163. The van der Waals surface area contributed by atoms with E-state index < -0.39 is 41.8 Å². The fraction of sp³-hybridized carbons (Fsp3) is 0.600. The lowest BCUT2D eigenvalue weighted by Crippen LogP contribution is -2.60. The Morgan fingerprint density at radius 3 is 2.50 bits per heavy atom. The number of carboxylic acids is 2. The monoisotopic (exact) mass is 341 g/mol. The van der Waals surface area contributed by atoms with Crippen LogP contribution in [-0.4, -0.2) is 63.5 Å². The summed E-state index contributed by atoms with van der Waals surface area (Å²) < 4.78 is 0. The summed E-state index contributed by atoms with van der Waals surface area (Å²) in [5, 5.41) is 20.2. The molecule has 0 unspecified atom stereocenters. The number of likely N-dealkylation sites (tertiary alicyclic amines) is 1. The van der Waals surface area contributed by atoms with Crippen molar-refractivity contribution >= 4 is 23.8 Å². The normalized spacial score (nSPS) is 21.1. The van der Waals surface area contributed by atoms with Crippen molar-refractivity contribution in [2.45, 2.75) is 43.7 Å². The summed E-state index contributed by atoms with van der Waals surface area (Å²) in [5.41, 5.74) is 4.16. The number of amides is 2. The number of carbonyl (C=O) groups is 4. The molecule has 134 valence electrons. The maximum Gasteiger partial charge on any atom is 0.326 e. The molecule has 1 aliphatic heterocycles. The molecule has 0 bridgehead atoms. The second kappa shape index (κ2) is 8.44. The van der Waals surface area contributed by atoms with Crippen molar-refractivity contribution < 1.29 is 29.4 Å². The highest BCUT2D eigenvalue weighted by atomic mass is 16.4. The van der Waals surface area contributed by atoms with Gasteiger partial charge in [-0.1, -0.05) is 6.08 Å². The van der Waals surface area contributed by atoms with E-state index in [1.165, 1.54) is 11.0 Å².